The maximum atomic E-state index is 12.8. The van der Waals surface area contributed by atoms with Gasteiger partial charge in [0.15, 0.2) is 5.82 Å². The number of carbonyl (C=O) groups is 1. The lowest BCUT2D eigenvalue weighted by molar-refractivity contribution is 0.102. The molecule has 5 nitrogen and oxygen atoms in total. The highest BCUT2D eigenvalue weighted by atomic mass is 79.9. The molecule has 3 aromatic carbocycles. The number of ether oxygens (including phenoxy) is 1. The standard InChI is InChI=1S/C24H16BrCl4N3O2/c25-18-12-32(11-14-4-6-19(27)20(28)9-14)31-23(18)30-24(33)16-3-1-2-15(8-16)13-34-22-7-5-17(26)10-21(22)29/h1-10,12H,11,13H2,(H,30,31,33). The van der Waals surface area contributed by atoms with Gasteiger partial charge in [-0.25, -0.2) is 0 Å². The van der Waals surface area contributed by atoms with Crippen molar-refractivity contribution in [2.24, 2.45) is 0 Å². The van der Waals surface area contributed by atoms with E-state index >= 15 is 0 Å². The number of rotatable bonds is 7. The van der Waals surface area contributed by atoms with Crippen LogP contribution in [0.2, 0.25) is 20.1 Å². The molecule has 0 atom stereocenters. The number of hydrogen-bond donors (Lipinski definition) is 1. The van der Waals surface area contributed by atoms with Crippen LogP contribution in [0.25, 0.3) is 0 Å². The Kier molecular flexibility index (Phi) is 8.06. The highest BCUT2D eigenvalue weighted by molar-refractivity contribution is 9.10. The van der Waals surface area contributed by atoms with Crippen LogP contribution >= 0.6 is 62.3 Å². The first-order valence-electron chi connectivity index (χ1n) is 9.93. The van der Waals surface area contributed by atoms with Crippen molar-refractivity contribution in [2.45, 2.75) is 13.2 Å². The van der Waals surface area contributed by atoms with E-state index in [1.807, 2.05) is 12.1 Å². The first-order chi connectivity index (χ1) is 16.3. The molecule has 34 heavy (non-hydrogen) atoms. The minimum Gasteiger partial charge on any atom is -0.487 e. The summed E-state index contributed by atoms with van der Waals surface area (Å²) in [4.78, 5) is 12.8. The molecule has 0 aliphatic heterocycles. The molecule has 1 aromatic heterocycles. The Morgan fingerprint density at radius 3 is 2.53 bits per heavy atom. The normalized spacial score (nSPS) is 10.9. The number of aromatic nitrogens is 2. The molecule has 0 bridgehead atoms. The van der Waals surface area contributed by atoms with E-state index in [0.717, 1.165) is 11.1 Å². The van der Waals surface area contributed by atoms with Gasteiger partial charge in [0, 0.05) is 16.8 Å². The molecule has 1 N–H and O–H groups in total. The van der Waals surface area contributed by atoms with Crippen LogP contribution in [0, 0.1) is 0 Å². The molecular formula is C24H16BrCl4N3O2. The minimum atomic E-state index is -0.299. The van der Waals surface area contributed by atoms with Crippen LogP contribution in [0.15, 0.2) is 71.3 Å². The maximum Gasteiger partial charge on any atom is 0.256 e. The summed E-state index contributed by atoms with van der Waals surface area (Å²) in [5.74, 6) is 0.615. The molecule has 0 saturated heterocycles. The predicted molar refractivity (Wildman–Crippen MR) is 141 cm³/mol. The average Bonchev–Trinajstić information content (AvgIpc) is 3.14. The number of halogens is 5. The molecule has 0 unspecified atom stereocenters. The van der Waals surface area contributed by atoms with E-state index < -0.39 is 0 Å². The third-order valence-electron chi connectivity index (χ3n) is 4.75. The molecule has 0 radical (unpaired) electrons. The predicted octanol–water partition coefficient (Wildman–Crippen LogP) is 8.14. The molecule has 0 fully saturated rings. The van der Waals surface area contributed by atoms with E-state index in [9.17, 15) is 4.79 Å². The van der Waals surface area contributed by atoms with Gasteiger partial charge in [-0.05, 0) is 69.5 Å². The molecule has 0 aliphatic rings. The highest BCUT2D eigenvalue weighted by Gasteiger charge is 2.13. The summed E-state index contributed by atoms with van der Waals surface area (Å²) in [5, 5.41) is 9.19. The van der Waals surface area contributed by atoms with Crippen LogP contribution in [0.5, 0.6) is 5.75 Å². The number of nitrogens with zero attached hydrogens (tertiary/aromatic N) is 2. The second-order valence-corrected chi connectivity index (χ2v) is 9.80. The Morgan fingerprint density at radius 1 is 0.941 bits per heavy atom. The SMILES string of the molecule is O=C(Nc1nn(Cc2ccc(Cl)c(Cl)c2)cc1Br)c1cccc(COc2ccc(Cl)cc2Cl)c1. The fraction of sp³-hybridized carbons (Fsp3) is 0.0833. The molecule has 4 rings (SSSR count). The second-order valence-electron chi connectivity index (χ2n) is 7.29. The van der Waals surface area contributed by atoms with E-state index in [0.29, 0.717) is 48.2 Å². The summed E-state index contributed by atoms with van der Waals surface area (Å²) < 4.78 is 8.11. The number of carbonyl (C=O) groups excluding carboxylic acids is 1. The zero-order valence-corrected chi connectivity index (χ0v) is 22.0. The van der Waals surface area contributed by atoms with E-state index in [-0.39, 0.29) is 12.5 Å². The van der Waals surface area contributed by atoms with E-state index in [1.54, 1.807) is 59.4 Å². The zero-order valence-electron chi connectivity index (χ0n) is 17.4. The lowest BCUT2D eigenvalue weighted by atomic mass is 10.1. The van der Waals surface area contributed by atoms with Crippen molar-refractivity contribution in [3.05, 3.63) is 108 Å². The third kappa shape index (κ3) is 6.26. The lowest BCUT2D eigenvalue weighted by Crippen LogP contribution is -2.13. The van der Waals surface area contributed by atoms with Crippen LogP contribution in [-0.2, 0) is 13.2 Å². The smallest absolute Gasteiger partial charge is 0.256 e. The number of hydrogen-bond acceptors (Lipinski definition) is 3. The first-order valence-corrected chi connectivity index (χ1v) is 12.2. The minimum absolute atomic E-state index is 0.241. The molecule has 1 heterocycles. The topological polar surface area (TPSA) is 56.2 Å². The monoisotopic (exact) mass is 597 g/mol. The third-order valence-corrected chi connectivity index (χ3v) is 6.60. The summed E-state index contributed by atoms with van der Waals surface area (Å²) in [6.07, 6.45) is 1.78. The molecule has 0 aliphatic carbocycles. The Hall–Kier alpha value is -2.22. The zero-order chi connectivity index (χ0) is 24.2. The Labute approximate surface area is 224 Å². The number of anilines is 1. The van der Waals surface area contributed by atoms with Crippen LogP contribution in [0.3, 0.4) is 0 Å². The Morgan fingerprint density at radius 2 is 1.76 bits per heavy atom. The summed E-state index contributed by atoms with van der Waals surface area (Å²) in [5.41, 5.74) is 2.20. The Bertz CT molecular complexity index is 1360. The molecule has 10 heteroatoms. The van der Waals surface area contributed by atoms with Gasteiger partial charge < -0.3 is 10.1 Å². The Balaban J connectivity index is 1.42. The lowest BCUT2D eigenvalue weighted by Gasteiger charge is -2.09. The van der Waals surface area contributed by atoms with Crippen molar-refractivity contribution in [2.75, 3.05) is 5.32 Å². The molecule has 0 saturated carbocycles. The highest BCUT2D eigenvalue weighted by Crippen LogP contribution is 2.28. The summed E-state index contributed by atoms with van der Waals surface area (Å²) in [6.45, 7) is 0.704. The van der Waals surface area contributed by atoms with Gasteiger partial charge in [-0.2, -0.15) is 5.10 Å². The van der Waals surface area contributed by atoms with Crippen molar-refractivity contribution in [3.63, 3.8) is 0 Å². The molecule has 1 amide bonds. The quantitative estimate of drug-likeness (QED) is 0.233. The summed E-state index contributed by atoms with van der Waals surface area (Å²) in [6, 6.07) is 17.5. The van der Waals surface area contributed by atoms with Crippen molar-refractivity contribution in [3.8, 4) is 5.75 Å². The molecular weight excluding hydrogens is 584 g/mol. The van der Waals surface area contributed by atoms with Crippen LogP contribution in [0.4, 0.5) is 5.82 Å². The van der Waals surface area contributed by atoms with Gasteiger partial charge in [0.05, 0.1) is 26.1 Å². The molecule has 0 spiro atoms. The fourth-order valence-corrected chi connectivity index (χ4v) is 4.32. The second kappa shape index (κ2) is 11.0. The van der Waals surface area contributed by atoms with Gasteiger partial charge in [-0.3, -0.25) is 9.48 Å². The van der Waals surface area contributed by atoms with Crippen LogP contribution in [0.1, 0.15) is 21.5 Å². The van der Waals surface area contributed by atoms with E-state index in [4.69, 9.17) is 51.1 Å². The van der Waals surface area contributed by atoms with Gasteiger partial charge in [-0.15, -0.1) is 0 Å². The molecule has 174 valence electrons. The molecule has 4 aromatic rings. The number of nitrogens with one attached hydrogen (secondary N) is 1. The first kappa shape index (κ1) is 24.9. The average molecular weight is 600 g/mol. The van der Waals surface area contributed by atoms with Crippen molar-refractivity contribution in [1.29, 1.82) is 0 Å². The summed E-state index contributed by atoms with van der Waals surface area (Å²) in [7, 11) is 0. The van der Waals surface area contributed by atoms with Crippen LogP contribution < -0.4 is 10.1 Å². The van der Waals surface area contributed by atoms with Gasteiger partial charge in [0.2, 0.25) is 0 Å². The van der Waals surface area contributed by atoms with Gasteiger partial charge >= 0.3 is 0 Å². The van der Waals surface area contributed by atoms with E-state index in [1.165, 1.54) is 0 Å². The van der Waals surface area contributed by atoms with Gasteiger partial charge in [-0.1, -0.05) is 64.6 Å². The van der Waals surface area contributed by atoms with Crippen molar-refractivity contribution in [1.82, 2.24) is 9.78 Å². The fourth-order valence-electron chi connectivity index (χ4n) is 3.12. The number of amides is 1. The number of benzene rings is 3. The maximum absolute atomic E-state index is 12.8. The largest absolute Gasteiger partial charge is 0.487 e. The summed E-state index contributed by atoms with van der Waals surface area (Å²) >= 11 is 27.6. The van der Waals surface area contributed by atoms with Gasteiger partial charge in [0.1, 0.15) is 12.4 Å². The van der Waals surface area contributed by atoms with Crippen molar-refractivity contribution >= 4 is 74.1 Å². The van der Waals surface area contributed by atoms with Crippen molar-refractivity contribution < 1.29 is 9.53 Å². The van der Waals surface area contributed by atoms with E-state index in [2.05, 4.69) is 26.3 Å². The van der Waals surface area contributed by atoms with Crippen LogP contribution in [-0.4, -0.2) is 15.7 Å². The van der Waals surface area contributed by atoms with Gasteiger partial charge in [0.25, 0.3) is 5.91 Å².